The summed E-state index contributed by atoms with van der Waals surface area (Å²) in [6, 6.07) is 9.05. The zero-order chi connectivity index (χ0) is 13.9. The summed E-state index contributed by atoms with van der Waals surface area (Å²) in [5.41, 5.74) is 2.79. The Morgan fingerprint density at radius 2 is 2.10 bits per heavy atom. The molecule has 1 aliphatic carbocycles. The van der Waals surface area contributed by atoms with Gasteiger partial charge in [0, 0.05) is 25.6 Å². The van der Waals surface area contributed by atoms with E-state index in [0.717, 1.165) is 32.4 Å². The number of likely N-dealkylation sites (N-methyl/N-ethyl adjacent to an activating group) is 1. The van der Waals surface area contributed by atoms with E-state index < -0.39 is 0 Å². The van der Waals surface area contributed by atoms with Crippen molar-refractivity contribution >= 4 is 5.91 Å². The van der Waals surface area contributed by atoms with E-state index in [4.69, 9.17) is 0 Å². The summed E-state index contributed by atoms with van der Waals surface area (Å²) < 4.78 is 0. The van der Waals surface area contributed by atoms with Gasteiger partial charge in [-0.15, -0.1) is 0 Å². The summed E-state index contributed by atoms with van der Waals surface area (Å²) in [4.78, 5) is 14.5. The third-order valence-electron chi connectivity index (χ3n) is 4.73. The Hall–Kier alpha value is -1.35. The monoisotopic (exact) mass is 272 g/mol. The Bertz CT molecular complexity index is 480. The molecule has 1 N–H and O–H groups in total. The van der Waals surface area contributed by atoms with Gasteiger partial charge in [-0.1, -0.05) is 24.3 Å². The van der Waals surface area contributed by atoms with E-state index in [9.17, 15) is 4.79 Å². The van der Waals surface area contributed by atoms with Gasteiger partial charge in [-0.05, 0) is 49.8 Å². The van der Waals surface area contributed by atoms with Crippen molar-refractivity contribution in [3.63, 3.8) is 0 Å². The maximum Gasteiger partial charge on any atom is 0.225 e. The molecular formula is C17H24N2O. The topological polar surface area (TPSA) is 32.3 Å². The van der Waals surface area contributed by atoms with E-state index in [0.29, 0.717) is 11.9 Å². The molecule has 3 nitrogen and oxygen atoms in total. The van der Waals surface area contributed by atoms with Gasteiger partial charge < -0.3 is 10.2 Å². The van der Waals surface area contributed by atoms with Crippen LogP contribution in [-0.2, 0) is 17.6 Å². The van der Waals surface area contributed by atoms with Crippen LogP contribution in [0.25, 0.3) is 0 Å². The van der Waals surface area contributed by atoms with E-state index >= 15 is 0 Å². The third kappa shape index (κ3) is 2.88. The predicted octanol–water partition coefficient (Wildman–Crippen LogP) is 2.00. The van der Waals surface area contributed by atoms with Crippen molar-refractivity contribution in [1.29, 1.82) is 0 Å². The van der Waals surface area contributed by atoms with Crippen molar-refractivity contribution in [1.82, 2.24) is 10.2 Å². The van der Waals surface area contributed by atoms with Gasteiger partial charge in [-0.2, -0.15) is 0 Å². The van der Waals surface area contributed by atoms with E-state index in [-0.39, 0.29) is 5.92 Å². The molecule has 1 aliphatic heterocycles. The van der Waals surface area contributed by atoms with E-state index in [1.54, 1.807) is 0 Å². The fraction of sp³-hybridized carbons (Fsp3) is 0.588. The number of benzene rings is 1. The van der Waals surface area contributed by atoms with Crippen LogP contribution in [0.2, 0.25) is 0 Å². The number of carbonyl (C=O) groups is 1. The van der Waals surface area contributed by atoms with Gasteiger partial charge in [-0.3, -0.25) is 4.79 Å². The zero-order valence-electron chi connectivity index (χ0n) is 12.3. The van der Waals surface area contributed by atoms with Crippen molar-refractivity contribution in [2.24, 2.45) is 5.92 Å². The average Bonchev–Trinajstić information content (AvgIpc) is 2.99. The van der Waals surface area contributed by atoms with Gasteiger partial charge in [0.25, 0.3) is 0 Å². The summed E-state index contributed by atoms with van der Waals surface area (Å²) in [7, 11) is 1.96. The molecule has 1 heterocycles. The number of nitrogens with one attached hydrogen (secondary N) is 1. The highest BCUT2D eigenvalue weighted by Gasteiger charge is 2.28. The number of fused-ring (bicyclic) bond motifs is 1. The third-order valence-corrected chi connectivity index (χ3v) is 4.73. The second-order valence-corrected chi connectivity index (χ2v) is 6.22. The summed E-state index contributed by atoms with van der Waals surface area (Å²) in [6.45, 7) is 1.96. The lowest BCUT2D eigenvalue weighted by atomic mass is 9.83. The lowest BCUT2D eigenvalue weighted by Crippen LogP contribution is -2.42. The van der Waals surface area contributed by atoms with Crippen LogP contribution in [0.5, 0.6) is 0 Å². The molecule has 1 fully saturated rings. The number of aryl methyl sites for hydroxylation is 1. The Kier molecular flexibility index (Phi) is 4.06. The van der Waals surface area contributed by atoms with Crippen molar-refractivity contribution in [3.05, 3.63) is 35.4 Å². The van der Waals surface area contributed by atoms with Crippen molar-refractivity contribution in [2.45, 2.75) is 38.1 Å². The molecule has 0 radical (unpaired) electrons. The van der Waals surface area contributed by atoms with E-state index in [1.165, 1.54) is 24.0 Å². The molecule has 2 aliphatic rings. The maximum absolute atomic E-state index is 12.6. The molecule has 0 spiro atoms. The van der Waals surface area contributed by atoms with Crippen molar-refractivity contribution < 1.29 is 4.79 Å². The number of hydrogen-bond acceptors (Lipinski definition) is 2. The Morgan fingerprint density at radius 1 is 1.30 bits per heavy atom. The van der Waals surface area contributed by atoms with Crippen LogP contribution in [0.15, 0.2) is 24.3 Å². The Balaban J connectivity index is 1.60. The number of carbonyl (C=O) groups excluding carboxylic acids is 1. The Morgan fingerprint density at radius 3 is 2.85 bits per heavy atom. The van der Waals surface area contributed by atoms with Crippen LogP contribution in [0.4, 0.5) is 0 Å². The first-order valence-electron chi connectivity index (χ1n) is 7.79. The van der Waals surface area contributed by atoms with Crippen molar-refractivity contribution in [2.75, 3.05) is 20.1 Å². The molecule has 1 aromatic rings. The molecule has 108 valence electrons. The molecule has 20 heavy (non-hydrogen) atoms. The minimum atomic E-state index is 0.177. The molecule has 0 saturated carbocycles. The van der Waals surface area contributed by atoms with Crippen LogP contribution >= 0.6 is 0 Å². The molecule has 0 bridgehead atoms. The van der Waals surface area contributed by atoms with Crippen LogP contribution in [-0.4, -0.2) is 37.0 Å². The number of rotatable bonds is 3. The number of hydrogen-bond donors (Lipinski definition) is 1. The molecule has 0 aromatic heterocycles. The van der Waals surface area contributed by atoms with Crippen molar-refractivity contribution in [3.8, 4) is 0 Å². The molecule has 2 atom stereocenters. The van der Waals surface area contributed by atoms with Gasteiger partial charge in [0.05, 0.1) is 0 Å². The summed E-state index contributed by atoms with van der Waals surface area (Å²) in [5, 5.41) is 3.47. The second kappa shape index (κ2) is 5.96. The van der Waals surface area contributed by atoms with Crippen LogP contribution in [0.3, 0.4) is 0 Å². The second-order valence-electron chi connectivity index (χ2n) is 6.22. The van der Waals surface area contributed by atoms with E-state index in [1.807, 2.05) is 11.9 Å². The van der Waals surface area contributed by atoms with Crippen LogP contribution < -0.4 is 5.32 Å². The van der Waals surface area contributed by atoms with Gasteiger partial charge in [-0.25, -0.2) is 0 Å². The lowest BCUT2D eigenvalue weighted by molar-refractivity contribution is -0.134. The van der Waals surface area contributed by atoms with Gasteiger partial charge in [0.15, 0.2) is 0 Å². The first kappa shape index (κ1) is 13.6. The standard InChI is InChI=1S/C17H24N2O/c1-19(12-16-7-4-10-18-16)17(20)15-9-8-13-5-2-3-6-14(13)11-15/h2-3,5-6,15-16,18H,4,7-12H2,1H3. The molecule has 1 saturated heterocycles. The molecule has 1 amide bonds. The fourth-order valence-electron chi connectivity index (χ4n) is 3.55. The molecular weight excluding hydrogens is 248 g/mol. The SMILES string of the molecule is CN(CC1CCCN1)C(=O)C1CCc2ccccc2C1. The minimum absolute atomic E-state index is 0.177. The lowest BCUT2D eigenvalue weighted by Gasteiger charge is -2.29. The smallest absolute Gasteiger partial charge is 0.225 e. The summed E-state index contributed by atoms with van der Waals surface area (Å²) in [6.07, 6.45) is 5.40. The maximum atomic E-state index is 12.6. The Labute approximate surface area is 121 Å². The van der Waals surface area contributed by atoms with Gasteiger partial charge in [0.2, 0.25) is 5.91 Å². The highest BCUT2D eigenvalue weighted by Crippen LogP contribution is 2.26. The number of amides is 1. The van der Waals surface area contributed by atoms with Crippen LogP contribution in [0.1, 0.15) is 30.4 Å². The first-order valence-corrected chi connectivity index (χ1v) is 7.79. The van der Waals surface area contributed by atoms with Crippen LogP contribution in [0, 0.1) is 5.92 Å². The molecule has 3 heteroatoms. The molecule has 2 unspecified atom stereocenters. The highest BCUT2D eigenvalue weighted by atomic mass is 16.2. The largest absolute Gasteiger partial charge is 0.344 e. The van der Waals surface area contributed by atoms with E-state index in [2.05, 4.69) is 29.6 Å². The highest BCUT2D eigenvalue weighted by molar-refractivity contribution is 5.79. The number of nitrogens with zero attached hydrogens (tertiary/aromatic N) is 1. The van der Waals surface area contributed by atoms with Gasteiger partial charge >= 0.3 is 0 Å². The normalized spacial score (nSPS) is 25.2. The quantitative estimate of drug-likeness (QED) is 0.913. The molecule has 3 rings (SSSR count). The van der Waals surface area contributed by atoms with Gasteiger partial charge in [0.1, 0.15) is 0 Å². The summed E-state index contributed by atoms with van der Waals surface area (Å²) >= 11 is 0. The first-order chi connectivity index (χ1) is 9.74. The zero-order valence-corrected chi connectivity index (χ0v) is 12.3. The summed E-state index contributed by atoms with van der Waals surface area (Å²) in [5.74, 6) is 0.504. The average molecular weight is 272 g/mol. The predicted molar refractivity (Wildman–Crippen MR) is 80.6 cm³/mol. The minimum Gasteiger partial charge on any atom is -0.344 e. The fourth-order valence-corrected chi connectivity index (χ4v) is 3.55. The molecule has 1 aromatic carbocycles.